The molecule has 0 aromatic rings. The lowest BCUT2D eigenvalue weighted by molar-refractivity contribution is 0.253. The van der Waals surface area contributed by atoms with E-state index in [-0.39, 0.29) is 0 Å². The van der Waals surface area contributed by atoms with E-state index in [0.717, 1.165) is 5.92 Å². The van der Waals surface area contributed by atoms with Gasteiger partial charge in [0.1, 0.15) is 0 Å². The van der Waals surface area contributed by atoms with Crippen LogP contribution in [0.1, 0.15) is 46.5 Å². The van der Waals surface area contributed by atoms with Gasteiger partial charge in [0, 0.05) is 13.1 Å². The fourth-order valence-corrected chi connectivity index (χ4v) is 2.15. The van der Waals surface area contributed by atoms with Crippen molar-refractivity contribution in [3.05, 3.63) is 11.6 Å². The first-order valence-electron chi connectivity index (χ1n) is 6.12. The second-order valence-electron chi connectivity index (χ2n) is 4.84. The van der Waals surface area contributed by atoms with Gasteiger partial charge in [-0.2, -0.15) is 0 Å². The Morgan fingerprint density at radius 2 is 2.14 bits per heavy atom. The molecule has 1 heterocycles. The molecule has 0 atom stereocenters. The molecule has 1 heteroatoms. The number of hydrogen-bond acceptors (Lipinski definition) is 1. The second kappa shape index (κ2) is 6.23. The molecule has 1 nitrogen and oxygen atoms in total. The van der Waals surface area contributed by atoms with Crippen molar-refractivity contribution in [2.45, 2.75) is 46.5 Å². The third kappa shape index (κ3) is 4.28. The first-order chi connectivity index (χ1) is 6.72. The van der Waals surface area contributed by atoms with Crippen LogP contribution in [0.3, 0.4) is 0 Å². The van der Waals surface area contributed by atoms with Crippen molar-refractivity contribution in [2.24, 2.45) is 5.92 Å². The molecule has 0 saturated heterocycles. The average Bonchev–Trinajstić information content (AvgIpc) is 2.08. The molecule has 0 N–H and O–H groups in total. The van der Waals surface area contributed by atoms with Gasteiger partial charge in [-0.25, -0.2) is 0 Å². The number of nitrogens with zero attached hydrogens (tertiary/aromatic N) is 1. The molecule has 0 spiro atoms. The zero-order valence-electron chi connectivity index (χ0n) is 10.1. The van der Waals surface area contributed by atoms with Gasteiger partial charge in [0.2, 0.25) is 0 Å². The van der Waals surface area contributed by atoms with Crippen LogP contribution in [0.25, 0.3) is 0 Å². The highest BCUT2D eigenvalue weighted by molar-refractivity contribution is 5.04. The van der Waals surface area contributed by atoms with Crippen LogP contribution in [0.15, 0.2) is 11.6 Å². The van der Waals surface area contributed by atoms with E-state index in [1.807, 2.05) is 0 Å². The second-order valence-corrected chi connectivity index (χ2v) is 4.84. The summed E-state index contributed by atoms with van der Waals surface area (Å²) in [5, 5.41) is 0. The predicted molar refractivity (Wildman–Crippen MR) is 63.5 cm³/mol. The fourth-order valence-electron chi connectivity index (χ4n) is 2.15. The molecule has 0 aromatic carbocycles. The Bertz CT molecular complexity index is 182. The van der Waals surface area contributed by atoms with E-state index in [4.69, 9.17) is 0 Å². The minimum atomic E-state index is 0.799. The van der Waals surface area contributed by atoms with Gasteiger partial charge in [-0.1, -0.05) is 32.4 Å². The SMILES string of the molecule is CCC1=CCCCCN(CC(C)C)C1. The summed E-state index contributed by atoms with van der Waals surface area (Å²) in [7, 11) is 0. The summed E-state index contributed by atoms with van der Waals surface area (Å²) in [6.07, 6.45) is 7.75. The summed E-state index contributed by atoms with van der Waals surface area (Å²) in [6, 6.07) is 0. The molecule has 0 aromatic heterocycles. The van der Waals surface area contributed by atoms with Crippen LogP contribution < -0.4 is 0 Å². The third-order valence-corrected chi connectivity index (χ3v) is 2.87. The maximum atomic E-state index is 2.62. The van der Waals surface area contributed by atoms with Gasteiger partial charge in [0.05, 0.1) is 0 Å². The molecular weight excluding hydrogens is 170 g/mol. The Morgan fingerprint density at radius 3 is 2.79 bits per heavy atom. The monoisotopic (exact) mass is 195 g/mol. The van der Waals surface area contributed by atoms with Crippen LogP contribution in [0.2, 0.25) is 0 Å². The van der Waals surface area contributed by atoms with E-state index in [1.165, 1.54) is 45.3 Å². The topological polar surface area (TPSA) is 3.24 Å². The quantitative estimate of drug-likeness (QED) is 0.623. The van der Waals surface area contributed by atoms with Crippen LogP contribution in [-0.4, -0.2) is 24.5 Å². The van der Waals surface area contributed by atoms with E-state index in [9.17, 15) is 0 Å². The van der Waals surface area contributed by atoms with E-state index in [1.54, 1.807) is 5.57 Å². The number of allylic oxidation sites excluding steroid dienone is 1. The van der Waals surface area contributed by atoms with Gasteiger partial charge in [0.15, 0.2) is 0 Å². The lowest BCUT2D eigenvalue weighted by Gasteiger charge is -2.26. The van der Waals surface area contributed by atoms with Crippen molar-refractivity contribution in [3.63, 3.8) is 0 Å². The maximum Gasteiger partial charge on any atom is 0.0192 e. The van der Waals surface area contributed by atoms with Gasteiger partial charge >= 0.3 is 0 Å². The highest BCUT2D eigenvalue weighted by Gasteiger charge is 2.10. The summed E-state index contributed by atoms with van der Waals surface area (Å²) in [5.74, 6) is 0.799. The van der Waals surface area contributed by atoms with E-state index in [2.05, 4.69) is 31.7 Å². The van der Waals surface area contributed by atoms with Crippen LogP contribution in [-0.2, 0) is 0 Å². The van der Waals surface area contributed by atoms with Crippen LogP contribution in [0.5, 0.6) is 0 Å². The summed E-state index contributed by atoms with van der Waals surface area (Å²) >= 11 is 0. The molecule has 82 valence electrons. The average molecular weight is 195 g/mol. The Labute approximate surface area is 89.2 Å². The molecule has 1 aliphatic heterocycles. The van der Waals surface area contributed by atoms with Crippen LogP contribution >= 0.6 is 0 Å². The minimum Gasteiger partial charge on any atom is -0.299 e. The van der Waals surface area contributed by atoms with Crippen molar-refractivity contribution < 1.29 is 0 Å². The highest BCUT2D eigenvalue weighted by Crippen LogP contribution is 2.14. The van der Waals surface area contributed by atoms with E-state index < -0.39 is 0 Å². The molecule has 0 radical (unpaired) electrons. The standard InChI is InChI=1S/C13H25N/c1-4-13-8-6-5-7-9-14(11-13)10-12(2)3/h8,12H,4-7,9-11H2,1-3H3. The summed E-state index contributed by atoms with van der Waals surface area (Å²) in [5.41, 5.74) is 1.64. The normalized spacial score (nSPS) is 20.4. The molecule has 1 rings (SSSR count). The Balaban J connectivity index is 2.48. The molecule has 0 aliphatic carbocycles. The molecular formula is C13H25N. The Morgan fingerprint density at radius 1 is 1.36 bits per heavy atom. The van der Waals surface area contributed by atoms with Crippen molar-refractivity contribution in [3.8, 4) is 0 Å². The van der Waals surface area contributed by atoms with Gasteiger partial charge in [-0.3, -0.25) is 4.90 Å². The zero-order chi connectivity index (χ0) is 10.4. The number of rotatable bonds is 3. The summed E-state index contributed by atoms with van der Waals surface area (Å²) in [4.78, 5) is 2.62. The van der Waals surface area contributed by atoms with Crippen molar-refractivity contribution in [1.82, 2.24) is 4.90 Å². The van der Waals surface area contributed by atoms with E-state index >= 15 is 0 Å². The number of hydrogen-bond donors (Lipinski definition) is 0. The van der Waals surface area contributed by atoms with Crippen molar-refractivity contribution in [1.29, 1.82) is 0 Å². The summed E-state index contributed by atoms with van der Waals surface area (Å²) in [6.45, 7) is 10.7. The van der Waals surface area contributed by atoms with Gasteiger partial charge < -0.3 is 0 Å². The fraction of sp³-hybridized carbons (Fsp3) is 0.846. The minimum absolute atomic E-state index is 0.799. The van der Waals surface area contributed by atoms with Gasteiger partial charge in [0.25, 0.3) is 0 Å². The Hall–Kier alpha value is -0.300. The molecule has 0 bridgehead atoms. The third-order valence-electron chi connectivity index (χ3n) is 2.87. The van der Waals surface area contributed by atoms with Crippen molar-refractivity contribution >= 4 is 0 Å². The first kappa shape index (κ1) is 11.8. The van der Waals surface area contributed by atoms with Gasteiger partial charge in [-0.15, -0.1) is 0 Å². The molecule has 0 fully saturated rings. The van der Waals surface area contributed by atoms with Gasteiger partial charge in [-0.05, 0) is 38.1 Å². The smallest absolute Gasteiger partial charge is 0.0192 e. The summed E-state index contributed by atoms with van der Waals surface area (Å²) < 4.78 is 0. The molecule has 14 heavy (non-hydrogen) atoms. The molecule has 0 saturated carbocycles. The zero-order valence-corrected chi connectivity index (χ0v) is 10.1. The predicted octanol–water partition coefficient (Wildman–Crippen LogP) is 3.46. The lowest BCUT2D eigenvalue weighted by Crippen LogP contribution is -2.31. The molecule has 1 aliphatic rings. The largest absolute Gasteiger partial charge is 0.299 e. The van der Waals surface area contributed by atoms with Crippen LogP contribution in [0, 0.1) is 5.92 Å². The highest BCUT2D eigenvalue weighted by atomic mass is 15.1. The van der Waals surface area contributed by atoms with E-state index in [0.29, 0.717) is 0 Å². The first-order valence-corrected chi connectivity index (χ1v) is 6.12. The van der Waals surface area contributed by atoms with Crippen molar-refractivity contribution in [2.75, 3.05) is 19.6 Å². The molecule has 0 unspecified atom stereocenters. The Kier molecular flexibility index (Phi) is 5.24. The van der Waals surface area contributed by atoms with Crippen LogP contribution in [0.4, 0.5) is 0 Å². The molecule has 0 amide bonds. The maximum absolute atomic E-state index is 2.62. The lowest BCUT2D eigenvalue weighted by atomic mass is 10.1.